The van der Waals surface area contributed by atoms with Gasteiger partial charge in [-0.2, -0.15) is 5.10 Å². The summed E-state index contributed by atoms with van der Waals surface area (Å²) in [7, 11) is 0. The second kappa shape index (κ2) is 5.16. The van der Waals surface area contributed by atoms with Gasteiger partial charge in [0.2, 0.25) is 0 Å². The normalized spacial score (nSPS) is 10.5. The van der Waals surface area contributed by atoms with E-state index in [0.29, 0.717) is 11.4 Å². The number of carbonyl (C=O) groups is 1. The summed E-state index contributed by atoms with van der Waals surface area (Å²) in [5.41, 5.74) is 1.87. The SMILES string of the molecule is O=C(O)c1cc(-c2ccncc2)n(-c2ccc(F)cc2)n1. The number of hydrogen-bond acceptors (Lipinski definition) is 3. The molecule has 3 rings (SSSR count). The number of benzene rings is 1. The number of rotatable bonds is 3. The number of carboxylic acid groups (broad SMARTS) is 1. The fraction of sp³-hybridized carbons (Fsp3) is 0. The number of halogens is 1. The van der Waals surface area contributed by atoms with Crippen LogP contribution in [0.2, 0.25) is 0 Å². The molecule has 0 amide bonds. The zero-order valence-corrected chi connectivity index (χ0v) is 10.8. The highest BCUT2D eigenvalue weighted by Crippen LogP contribution is 2.23. The Morgan fingerprint density at radius 2 is 1.76 bits per heavy atom. The molecule has 0 spiro atoms. The van der Waals surface area contributed by atoms with E-state index in [4.69, 9.17) is 5.11 Å². The summed E-state index contributed by atoms with van der Waals surface area (Å²) in [6.07, 6.45) is 3.22. The Bertz CT molecular complexity index is 782. The Morgan fingerprint density at radius 1 is 1.10 bits per heavy atom. The van der Waals surface area contributed by atoms with E-state index in [1.165, 1.54) is 22.9 Å². The summed E-state index contributed by atoms with van der Waals surface area (Å²) in [6, 6.07) is 10.7. The van der Waals surface area contributed by atoms with Crippen molar-refractivity contribution in [2.45, 2.75) is 0 Å². The van der Waals surface area contributed by atoms with Gasteiger partial charge in [-0.1, -0.05) is 0 Å². The van der Waals surface area contributed by atoms with Crippen molar-refractivity contribution < 1.29 is 14.3 Å². The van der Waals surface area contributed by atoms with E-state index in [1.54, 1.807) is 36.7 Å². The maximum atomic E-state index is 13.0. The third-order valence-corrected chi connectivity index (χ3v) is 2.98. The van der Waals surface area contributed by atoms with Gasteiger partial charge in [0.15, 0.2) is 5.69 Å². The molecule has 0 aliphatic heterocycles. The van der Waals surface area contributed by atoms with E-state index in [0.717, 1.165) is 5.56 Å². The highest BCUT2D eigenvalue weighted by Gasteiger charge is 2.15. The van der Waals surface area contributed by atoms with E-state index in [-0.39, 0.29) is 11.5 Å². The smallest absolute Gasteiger partial charge is 0.356 e. The van der Waals surface area contributed by atoms with Gasteiger partial charge in [0, 0.05) is 18.0 Å². The van der Waals surface area contributed by atoms with Gasteiger partial charge in [0.25, 0.3) is 0 Å². The minimum absolute atomic E-state index is 0.0777. The van der Waals surface area contributed by atoms with Gasteiger partial charge in [-0.3, -0.25) is 4.98 Å². The fourth-order valence-corrected chi connectivity index (χ4v) is 1.99. The summed E-state index contributed by atoms with van der Waals surface area (Å²) < 4.78 is 14.5. The third-order valence-electron chi connectivity index (χ3n) is 2.98. The summed E-state index contributed by atoms with van der Waals surface area (Å²) in [6.45, 7) is 0. The molecule has 0 fully saturated rings. The molecule has 2 heterocycles. The van der Waals surface area contributed by atoms with Crippen molar-refractivity contribution in [1.82, 2.24) is 14.8 Å². The van der Waals surface area contributed by atoms with Gasteiger partial charge in [0.05, 0.1) is 11.4 Å². The van der Waals surface area contributed by atoms with Gasteiger partial charge in [0.1, 0.15) is 5.82 Å². The van der Waals surface area contributed by atoms with Crippen LogP contribution in [0, 0.1) is 5.82 Å². The molecule has 0 aliphatic rings. The molecule has 0 saturated heterocycles. The minimum Gasteiger partial charge on any atom is -0.476 e. The summed E-state index contributed by atoms with van der Waals surface area (Å²) in [5, 5.41) is 13.2. The maximum Gasteiger partial charge on any atom is 0.356 e. The first-order chi connectivity index (χ1) is 10.1. The predicted molar refractivity (Wildman–Crippen MR) is 73.7 cm³/mol. The van der Waals surface area contributed by atoms with Crippen LogP contribution in [0.5, 0.6) is 0 Å². The molecular weight excluding hydrogens is 273 g/mol. The molecule has 0 atom stereocenters. The van der Waals surface area contributed by atoms with Crippen molar-refractivity contribution in [3.8, 4) is 16.9 Å². The molecule has 0 radical (unpaired) electrons. The van der Waals surface area contributed by atoms with Crippen molar-refractivity contribution in [2.24, 2.45) is 0 Å². The van der Waals surface area contributed by atoms with Crippen molar-refractivity contribution in [3.05, 3.63) is 66.4 Å². The molecule has 1 N–H and O–H groups in total. The van der Waals surface area contributed by atoms with Crippen LogP contribution < -0.4 is 0 Å². The van der Waals surface area contributed by atoms with E-state index in [9.17, 15) is 9.18 Å². The number of aromatic nitrogens is 3. The quantitative estimate of drug-likeness (QED) is 0.802. The summed E-state index contributed by atoms with van der Waals surface area (Å²) in [5.74, 6) is -1.49. The van der Waals surface area contributed by atoms with E-state index >= 15 is 0 Å². The van der Waals surface area contributed by atoms with Crippen molar-refractivity contribution in [3.63, 3.8) is 0 Å². The van der Waals surface area contributed by atoms with Gasteiger partial charge < -0.3 is 5.11 Å². The lowest BCUT2D eigenvalue weighted by atomic mass is 10.2. The van der Waals surface area contributed by atoms with Crippen LogP contribution in [0.25, 0.3) is 16.9 Å². The monoisotopic (exact) mass is 283 g/mol. The largest absolute Gasteiger partial charge is 0.476 e. The Morgan fingerprint density at radius 3 is 2.38 bits per heavy atom. The van der Waals surface area contributed by atoms with E-state index in [1.807, 2.05) is 0 Å². The van der Waals surface area contributed by atoms with Crippen molar-refractivity contribution >= 4 is 5.97 Å². The topological polar surface area (TPSA) is 68.0 Å². The fourth-order valence-electron chi connectivity index (χ4n) is 1.99. The Hall–Kier alpha value is -3.02. The average Bonchev–Trinajstić information content (AvgIpc) is 2.94. The third kappa shape index (κ3) is 2.51. The second-order valence-electron chi connectivity index (χ2n) is 4.34. The standard InChI is InChI=1S/C15H10FN3O2/c16-11-1-3-12(4-2-11)19-14(9-13(18-19)15(20)21)10-5-7-17-8-6-10/h1-9H,(H,20,21). The zero-order chi connectivity index (χ0) is 14.8. The molecule has 6 heteroatoms. The first kappa shape index (κ1) is 13.0. The molecule has 2 aromatic heterocycles. The number of hydrogen-bond donors (Lipinski definition) is 1. The zero-order valence-electron chi connectivity index (χ0n) is 10.8. The first-order valence-electron chi connectivity index (χ1n) is 6.15. The lowest BCUT2D eigenvalue weighted by Gasteiger charge is -2.07. The van der Waals surface area contributed by atoms with E-state index < -0.39 is 5.97 Å². The van der Waals surface area contributed by atoms with Crippen molar-refractivity contribution in [2.75, 3.05) is 0 Å². The second-order valence-corrected chi connectivity index (χ2v) is 4.34. The lowest BCUT2D eigenvalue weighted by Crippen LogP contribution is -2.02. The Balaban J connectivity index is 2.19. The average molecular weight is 283 g/mol. The molecule has 21 heavy (non-hydrogen) atoms. The highest BCUT2D eigenvalue weighted by atomic mass is 19.1. The molecule has 0 saturated carbocycles. The van der Waals surface area contributed by atoms with Crippen LogP contribution >= 0.6 is 0 Å². The van der Waals surface area contributed by atoms with Gasteiger partial charge >= 0.3 is 5.97 Å². The Kier molecular flexibility index (Phi) is 3.19. The summed E-state index contributed by atoms with van der Waals surface area (Å²) in [4.78, 5) is 15.1. The van der Waals surface area contributed by atoms with Crippen LogP contribution in [-0.2, 0) is 0 Å². The Labute approximate surface area is 119 Å². The van der Waals surface area contributed by atoms with Crippen molar-refractivity contribution in [1.29, 1.82) is 0 Å². The van der Waals surface area contributed by atoms with Crippen LogP contribution in [0.15, 0.2) is 54.9 Å². The molecular formula is C15H10FN3O2. The maximum absolute atomic E-state index is 13.0. The van der Waals surface area contributed by atoms with Gasteiger partial charge in [-0.15, -0.1) is 0 Å². The van der Waals surface area contributed by atoms with Crippen LogP contribution in [0.1, 0.15) is 10.5 Å². The number of aromatic carboxylic acids is 1. The molecule has 0 bridgehead atoms. The van der Waals surface area contributed by atoms with E-state index in [2.05, 4.69) is 10.1 Å². The lowest BCUT2D eigenvalue weighted by molar-refractivity contribution is 0.0690. The number of carboxylic acids is 1. The summed E-state index contributed by atoms with van der Waals surface area (Å²) >= 11 is 0. The van der Waals surface area contributed by atoms with Gasteiger partial charge in [-0.05, 0) is 42.5 Å². The minimum atomic E-state index is -1.12. The molecule has 3 aromatic rings. The highest BCUT2D eigenvalue weighted by molar-refractivity contribution is 5.87. The predicted octanol–water partition coefficient (Wildman–Crippen LogP) is 2.77. The van der Waals surface area contributed by atoms with Gasteiger partial charge in [-0.25, -0.2) is 13.9 Å². The molecule has 0 unspecified atom stereocenters. The molecule has 5 nitrogen and oxygen atoms in total. The molecule has 104 valence electrons. The number of nitrogens with zero attached hydrogens (tertiary/aromatic N) is 3. The molecule has 1 aromatic carbocycles. The van der Waals surface area contributed by atoms with Crippen LogP contribution in [-0.4, -0.2) is 25.8 Å². The van der Waals surface area contributed by atoms with Crippen LogP contribution in [0.3, 0.4) is 0 Å². The number of pyridine rings is 1. The van der Waals surface area contributed by atoms with Crippen LogP contribution in [0.4, 0.5) is 4.39 Å². The first-order valence-corrected chi connectivity index (χ1v) is 6.15. The molecule has 0 aliphatic carbocycles.